The summed E-state index contributed by atoms with van der Waals surface area (Å²) < 4.78 is 13.2. The van der Waals surface area contributed by atoms with E-state index < -0.39 is 0 Å². The predicted octanol–water partition coefficient (Wildman–Crippen LogP) is 5.76. The number of aryl methyl sites for hydroxylation is 3. The highest BCUT2D eigenvalue weighted by atomic mass is 16.5. The lowest BCUT2D eigenvalue weighted by Gasteiger charge is -2.22. The van der Waals surface area contributed by atoms with E-state index in [1.165, 1.54) is 25.3 Å². The molecule has 0 saturated heterocycles. The van der Waals surface area contributed by atoms with E-state index in [1.54, 1.807) is 24.3 Å². The van der Waals surface area contributed by atoms with Crippen LogP contribution in [0.2, 0.25) is 0 Å². The van der Waals surface area contributed by atoms with Crippen LogP contribution in [-0.4, -0.2) is 84.7 Å². The molecule has 0 saturated carbocycles. The number of hydrogen-bond acceptors (Lipinski definition) is 11. The molecule has 0 aliphatic carbocycles. The maximum Gasteiger partial charge on any atom is 0.337 e. The SMILES string of the molecule is COC(=O)c1ccc([C@H](C)NC(=O)c2c(C)nn3c2N(Cc2cc(C)cc(N(C)C)c2)CC3)cc1.COC(=O)c1ccc([C@H](C)NC(=O)c2c(C)nn3c2NCC3)cc1. The largest absolute Gasteiger partial charge is 0.465 e. The Bertz CT molecular complexity index is 2350. The first-order valence-corrected chi connectivity index (χ1v) is 19.6. The standard InChI is InChI=1S/C27H33N5O3.C17H20N4O3/c1-17-13-20(15-23(14-17)30(4)5)16-31-11-12-32-26(31)24(19(3)29-32)25(33)28-18(2)21-7-9-22(10-8-21)27(34)35-6;1-10(12-4-6-13(7-5-12)17(23)24-3)19-16(22)14-11(2)20-21-9-8-18-15(14)21/h7-10,13-15,18H,11-12,16H2,1-6H3,(H,28,33);4-7,10,18H,8-9H2,1-3H3,(H,19,22)/t18-;10-/m00/s1. The van der Waals surface area contributed by atoms with E-state index in [-0.39, 0.29) is 35.8 Å². The number of fused-ring (bicyclic) bond motifs is 2. The number of nitrogens with zero attached hydrogens (tertiary/aromatic N) is 6. The molecule has 7 rings (SSSR count). The molecule has 59 heavy (non-hydrogen) atoms. The molecule has 2 aliphatic rings. The molecule has 0 fully saturated rings. The van der Waals surface area contributed by atoms with Crippen LogP contribution in [0.5, 0.6) is 0 Å². The van der Waals surface area contributed by atoms with Crippen molar-refractivity contribution in [3.63, 3.8) is 0 Å². The van der Waals surface area contributed by atoms with Gasteiger partial charge in [-0.1, -0.05) is 30.3 Å². The minimum absolute atomic E-state index is 0.154. The van der Waals surface area contributed by atoms with Crippen molar-refractivity contribution in [2.24, 2.45) is 0 Å². The number of hydrogen-bond donors (Lipinski definition) is 3. The molecular weight excluding hydrogens is 751 g/mol. The number of carbonyl (C=O) groups is 4. The quantitative estimate of drug-likeness (QED) is 0.139. The van der Waals surface area contributed by atoms with Gasteiger partial charge in [0.15, 0.2) is 0 Å². The van der Waals surface area contributed by atoms with Crippen molar-refractivity contribution in [1.29, 1.82) is 0 Å². The molecular formula is C44H53N9O6. The Morgan fingerprint density at radius 2 is 1.25 bits per heavy atom. The van der Waals surface area contributed by atoms with Gasteiger partial charge in [0.2, 0.25) is 0 Å². The van der Waals surface area contributed by atoms with Gasteiger partial charge in [-0.15, -0.1) is 0 Å². The highest BCUT2D eigenvalue weighted by Crippen LogP contribution is 2.32. The molecule has 0 unspecified atom stereocenters. The van der Waals surface area contributed by atoms with Crippen LogP contribution in [0, 0.1) is 20.8 Å². The summed E-state index contributed by atoms with van der Waals surface area (Å²) >= 11 is 0. The topological polar surface area (TPSA) is 165 Å². The molecule has 0 bridgehead atoms. The molecule has 0 spiro atoms. The van der Waals surface area contributed by atoms with Crippen LogP contribution < -0.4 is 25.8 Å². The van der Waals surface area contributed by atoms with Crippen LogP contribution in [0.15, 0.2) is 66.7 Å². The number of methoxy groups -OCH3 is 2. The Morgan fingerprint density at radius 1 is 0.729 bits per heavy atom. The van der Waals surface area contributed by atoms with Gasteiger partial charge in [0, 0.05) is 39.4 Å². The summed E-state index contributed by atoms with van der Waals surface area (Å²) in [4.78, 5) is 53.5. The van der Waals surface area contributed by atoms with Crippen molar-refractivity contribution in [1.82, 2.24) is 30.2 Å². The molecule has 15 nitrogen and oxygen atoms in total. The van der Waals surface area contributed by atoms with E-state index in [1.807, 2.05) is 75.4 Å². The highest BCUT2D eigenvalue weighted by Gasteiger charge is 2.31. The second-order valence-corrected chi connectivity index (χ2v) is 15.1. The minimum Gasteiger partial charge on any atom is -0.465 e. The van der Waals surface area contributed by atoms with Gasteiger partial charge in [0.1, 0.15) is 22.8 Å². The molecule has 2 aromatic heterocycles. The lowest BCUT2D eigenvalue weighted by Crippen LogP contribution is -2.29. The number of anilines is 3. The molecule has 15 heteroatoms. The maximum absolute atomic E-state index is 13.4. The lowest BCUT2D eigenvalue weighted by molar-refractivity contribution is 0.0592. The van der Waals surface area contributed by atoms with Gasteiger partial charge >= 0.3 is 11.9 Å². The number of ether oxygens (including phenoxy) is 2. The van der Waals surface area contributed by atoms with Gasteiger partial charge in [-0.3, -0.25) is 9.59 Å². The van der Waals surface area contributed by atoms with Gasteiger partial charge < -0.3 is 35.2 Å². The second-order valence-electron chi connectivity index (χ2n) is 15.1. The predicted molar refractivity (Wildman–Crippen MR) is 226 cm³/mol. The molecule has 3 N–H and O–H groups in total. The lowest BCUT2D eigenvalue weighted by atomic mass is 10.1. The first-order valence-electron chi connectivity index (χ1n) is 19.6. The molecule has 2 amide bonds. The summed E-state index contributed by atoms with van der Waals surface area (Å²) in [6, 6.07) is 20.2. The average molecular weight is 804 g/mol. The van der Waals surface area contributed by atoms with E-state index in [0.717, 1.165) is 54.6 Å². The van der Waals surface area contributed by atoms with Crippen molar-refractivity contribution in [2.75, 3.05) is 56.5 Å². The fourth-order valence-corrected chi connectivity index (χ4v) is 7.43. The minimum atomic E-state index is -0.384. The van der Waals surface area contributed by atoms with Crippen LogP contribution in [0.25, 0.3) is 0 Å². The Balaban J connectivity index is 0.000000213. The van der Waals surface area contributed by atoms with E-state index >= 15 is 0 Å². The third-order valence-electron chi connectivity index (χ3n) is 10.5. The Labute approximate surface area is 344 Å². The first-order chi connectivity index (χ1) is 28.2. The summed E-state index contributed by atoms with van der Waals surface area (Å²) in [6.45, 7) is 13.5. The van der Waals surface area contributed by atoms with E-state index in [0.29, 0.717) is 40.2 Å². The fraction of sp³-hybridized carbons (Fsp3) is 0.364. The zero-order valence-electron chi connectivity index (χ0n) is 35.2. The van der Waals surface area contributed by atoms with Crippen LogP contribution in [-0.2, 0) is 29.1 Å². The molecule has 2 atom stereocenters. The number of rotatable bonds is 11. The number of nitrogens with one attached hydrogen (secondary N) is 3. The maximum atomic E-state index is 13.4. The van der Waals surface area contributed by atoms with Gasteiger partial charge in [-0.05, 0) is 93.3 Å². The van der Waals surface area contributed by atoms with Gasteiger partial charge in [0.25, 0.3) is 11.8 Å². The second kappa shape index (κ2) is 17.9. The zero-order valence-corrected chi connectivity index (χ0v) is 35.2. The van der Waals surface area contributed by atoms with Gasteiger partial charge in [-0.25, -0.2) is 19.0 Å². The van der Waals surface area contributed by atoms with Gasteiger partial charge in [-0.2, -0.15) is 10.2 Å². The molecule has 3 aromatic carbocycles. The van der Waals surface area contributed by atoms with Crippen molar-refractivity contribution < 1.29 is 28.7 Å². The molecule has 5 aromatic rings. The Morgan fingerprint density at radius 3 is 1.80 bits per heavy atom. The van der Waals surface area contributed by atoms with E-state index in [2.05, 4.69) is 65.8 Å². The fourth-order valence-electron chi connectivity index (χ4n) is 7.43. The monoisotopic (exact) mass is 803 g/mol. The van der Waals surface area contributed by atoms with Crippen molar-refractivity contribution >= 4 is 41.1 Å². The van der Waals surface area contributed by atoms with Crippen LogP contribution in [0.1, 0.15) is 101 Å². The summed E-state index contributed by atoms with van der Waals surface area (Å²) in [7, 11) is 6.79. The summed E-state index contributed by atoms with van der Waals surface area (Å²) in [5.41, 5.74) is 8.97. The normalized spacial score (nSPS) is 13.5. The Hall–Kier alpha value is -6.64. The van der Waals surface area contributed by atoms with Crippen LogP contribution in [0.3, 0.4) is 0 Å². The van der Waals surface area contributed by atoms with Crippen LogP contribution in [0.4, 0.5) is 17.3 Å². The Kier molecular flexibility index (Phi) is 12.7. The van der Waals surface area contributed by atoms with Crippen molar-refractivity contribution in [3.05, 3.63) is 123 Å². The zero-order chi connectivity index (χ0) is 42.5. The number of esters is 2. The summed E-state index contributed by atoms with van der Waals surface area (Å²) in [5, 5.41) is 18.3. The number of amides is 2. The molecule has 4 heterocycles. The molecule has 2 aliphatic heterocycles. The van der Waals surface area contributed by atoms with E-state index in [9.17, 15) is 19.2 Å². The summed E-state index contributed by atoms with van der Waals surface area (Å²) in [5.74, 6) is 0.562. The molecule has 310 valence electrons. The third-order valence-corrected chi connectivity index (χ3v) is 10.5. The number of aromatic nitrogens is 4. The van der Waals surface area contributed by atoms with Gasteiger partial charge in [0.05, 0.1) is 61.9 Å². The van der Waals surface area contributed by atoms with Crippen molar-refractivity contribution in [3.8, 4) is 0 Å². The highest BCUT2D eigenvalue weighted by molar-refractivity contribution is 6.01. The summed E-state index contributed by atoms with van der Waals surface area (Å²) in [6.07, 6.45) is 0. The average Bonchev–Trinajstić information content (AvgIpc) is 3.98. The number of carbonyl (C=O) groups excluding carboxylic acids is 4. The van der Waals surface area contributed by atoms with E-state index in [4.69, 9.17) is 4.74 Å². The first kappa shape index (κ1) is 42.0. The third kappa shape index (κ3) is 9.24. The number of benzene rings is 3. The smallest absolute Gasteiger partial charge is 0.337 e. The van der Waals surface area contributed by atoms with Crippen LogP contribution >= 0.6 is 0 Å². The molecule has 0 radical (unpaired) electrons. The van der Waals surface area contributed by atoms with Crippen molar-refractivity contribution in [2.45, 2.75) is 66.3 Å².